The Bertz CT molecular complexity index is 1210. The lowest BCUT2D eigenvalue weighted by Crippen LogP contribution is -2.52. The minimum absolute atomic E-state index is 0. The summed E-state index contributed by atoms with van der Waals surface area (Å²) in [5, 5.41) is 5.75. The van der Waals surface area contributed by atoms with Gasteiger partial charge in [0, 0.05) is 36.1 Å². The molecule has 3 aliphatic heterocycles. The maximum Gasteiger partial charge on any atom is 0.416 e. The number of fused-ring (bicyclic) bond motifs is 2. The average molecular weight is 538 g/mol. The number of nitrogens with one attached hydrogen (secondary N) is 2. The third-order valence-corrected chi connectivity index (χ3v) is 6.65. The van der Waals surface area contributed by atoms with Crippen LogP contribution in [0, 0.1) is 0 Å². The van der Waals surface area contributed by atoms with Crippen LogP contribution >= 0.6 is 12.4 Å². The van der Waals surface area contributed by atoms with Gasteiger partial charge in [-0.05, 0) is 54.7 Å². The number of halogens is 4. The van der Waals surface area contributed by atoms with Gasteiger partial charge in [-0.1, -0.05) is 12.1 Å². The number of allylic oxidation sites excluding steroid dienone is 1. The van der Waals surface area contributed by atoms with Crippen LogP contribution in [0.2, 0.25) is 0 Å². The standard InChI is InChI=1S/C26H26F3N3O4.ClH/c27-26(28,29)18-4-6-20-16(2-1-9-36-23(20)14-18)13-24(33)30-19-5-3-17-12-22(25(34)31-21(17)15-19)32-7-10-35-11-8-32;/h3-6,13-15,22H,1-2,7-12H2,(H,30,33)(H,31,34);1H/b16-13+;. The molecule has 3 heterocycles. The van der Waals surface area contributed by atoms with Crippen molar-refractivity contribution in [2.75, 3.05) is 43.5 Å². The van der Waals surface area contributed by atoms with E-state index < -0.39 is 17.6 Å². The van der Waals surface area contributed by atoms with Crippen LogP contribution in [0.15, 0.2) is 42.5 Å². The molecule has 0 aliphatic carbocycles. The fraction of sp³-hybridized carbons (Fsp3) is 0.385. The minimum atomic E-state index is -4.48. The van der Waals surface area contributed by atoms with Gasteiger partial charge in [-0.3, -0.25) is 14.5 Å². The Morgan fingerprint density at radius 3 is 2.65 bits per heavy atom. The molecule has 1 atom stereocenters. The first-order valence-electron chi connectivity index (χ1n) is 11.9. The van der Waals surface area contributed by atoms with E-state index >= 15 is 0 Å². The lowest BCUT2D eigenvalue weighted by molar-refractivity contribution is -0.137. The van der Waals surface area contributed by atoms with E-state index in [9.17, 15) is 22.8 Å². The van der Waals surface area contributed by atoms with Crippen LogP contribution in [0.25, 0.3) is 5.57 Å². The van der Waals surface area contributed by atoms with Gasteiger partial charge in [-0.25, -0.2) is 0 Å². The normalized spacial score (nSPS) is 21.0. The predicted molar refractivity (Wildman–Crippen MR) is 135 cm³/mol. The largest absolute Gasteiger partial charge is 0.493 e. The Labute approximate surface area is 218 Å². The van der Waals surface area contributed by atoms with E-state index in [1.807, 2.05) is 6.07 Å². The van der Waals surface area contributed by atoms with E-state index in [1.165, 1.54) is 12.1 Å². The molecule has 0 bridgehead atoms. The summed E-state index contributed by atoms with van der Waals surface area (Å²) >= 11 is 0. The van der Waals surface area contributed by atoms with Crippen molar-refractivity contribution in [1.29, 1.82) is 0 Å². The highest BCUT2D eigenvalue weighted by Gasteiger charge is 2.33. The van der Waals surface area contributed by atoms with Gasteiger partial charge < -0.3 is 20.1 Å². The Hall–Kier alpha value is -3.08. The molecule has 2 amide bonds. The number of hydrogen-bond donors (Lipinski definition) is 2. The summed E-state index contributed by atoms with van der Waals surface area (Å²) in [5.41, 5.74) is 2.44. The van der Waals surface area contributed by atoms with Crippen molar-refractivity contribution >= 4 is 41.2 Å². The molecular formula is C26H27ClF3N3O4. The number of alkyl halides is 3. The molecule has 198 valence electrons. The summed E-state index contributed by atoms with van der Waals surface area (Å²) in [5.74, 6) is -0.373. The number of carbonyl (C=O) groups excluding carboxylic acids is 2. The van der Waals surface area contributed by atoms with Crippen LogP contribution in [-0.4, -0.2) is 55.7 Å². The molecule has 1 unspecified atom stereocenters. The van der Waals surface area contributed by atoms with Gasteiger partial charge in [-0.2, -0.15) is 13.2 Å². The zero-order valence-electron chi connectivity index (χ0n) is 19.9. The highest BCUT2D eigenvalue weighted by atomic mass is 35.5. The fourth-order valence-electron chi connectivity index (χ4n) is 4.80. The van der Waals surface area contributed by atoms with Gasteiger partial charge >= 0.3 is 6.18 Å². The van der Waals surface area contributed by atoms with E-state index in [0.717, 1.165) is 17.7 Å². The van der Waals surface area contributed by atoms with Crippen LogP contribution in [0.4, 0.5) is 24.5 Å². The van der Waals surface area contributed by atoms with Gasteiger partial charge in [0.1, 0.15) is 5.75 Å². The van der Waals surface area contributed by atoms with Gasteiger partial charge in [0.05, 0.1) is 31.4 Å². The van der Waals surface area contributed by atoms with Crippen molar-refractivity contribution in [3.8, 4) is 5.75 Å². The first-order chi connectivity index (χ1) is 17.3. The summed E-state index contributed by atoms with van der Waals surface area (Å²) in [7, 11) is 0. The maximum absolute atomic E-state index is 13.1. The van der Waals surface area contributed by atoms with Crippen molar-refractivity contribution < 1.29 is 32.2 Å². The van der Waals surface area contributed by atoms with Gasteiger partial charge in [0.15, 0.2) is 0 Å². The van der Waals surface area contributed by atoms with Crippen molar-refractivity contribution in [3.63, 3.8) is 0 Å². The molecule has 2 N–H and O–H groups in total. The molecule has 5 rings (SSSR count). The van der Waals surface area contributed by atoms with E-state index in [-0.39, 0.29) is 36.7 Å². The molecule has 2 aromatic carbocycles. The number of amides is 2. The van der Waals surface area contributed by atoms with Gasteiger partial charge in [0.25, 0.3) is 0 Å². The summed E-state index contributed by atoms with van der Waals surface area (Å²) < 4.78 is 50.2. The van der Waals surface area contributed by atoms with Crippen molar-refractivity contribution in [3.05, 3.63) is 59.2 Å². The SMILES string of the molecule is Cl.O=C(/C=C1\CCCOc2cc(C(F)(F)F)ccc21)Nc1ccc2c(c1)NC(=O)C(N1CCOCC1)C2. The van der Waals surface area contributed by atoms with E-state index in [2.05, 4.69) is 15.5 Å². The maximum atomic E-state index is 13.1. The first kappa shape index (κ1) is 27.0. The third kappa shape index (κ3) is 6.08. The molecule has 0 saturated carbocycles. The highest BCUT2D eigenvalue weighted by molar-refractivity contribution is 6.05. The number of nitrogens with zero attached hydrogens (tertiary/aromatic N) is 1. The monoisotopic (exact) mass is 537 g/mol. The van der Waals surface area contributed by atoms with E-state index in [4.69, 9.17) is 9.47 Å². The molecule has 11 heteroatoms. The van der Waals surface area contributed by atoms with Crippen molar-refractivity contribution in [2.24, 2.45) is 0 Å². The lowest BCUT2D eigenvalue weighted by Gasteiger charge is -2.36. The van der Waals surface area contributed by atoms with Crippen LogP contribution in [-0.2, 0) is 26.9 Å². The molecule has 0 aromatic heterocycles. The zero-order valence-corrected chi connectivity index (χ0v) is 20.7. The smallest absolute Gasteiger partial charge is 0.416 e. The quantitative estimate of drug-likeness (QED) is 0.563. The number of carbonyl (C=O) groups is 2. The van der Waals surface area contributed by atoms with Crippen LogP contribution in [0.3, 0.4) is 0 Å². The summed E-state index contributed by atoms with van der Waals surface area (Å²) in [6.07, 6.45) is -1.43. The van der Waals surface area contributed by atoms with Gasteiger partial charge in [0.2, 0.25) is 11.8 Å². The second kappa shape index (κ2) is 11.1. The predicted octanol–water partition coefficient (Wildman–Crippen LogP) is 4.52. The first-order valence-corrected chi connectivity index (χ1v) is 11.9. The molecule has 0 spiro atoms. The Morgan fingerprint density at radius 2 is 1.89 bits per heavy atom. The molecular weight excluding hydrogens is 511 g/mol. The summed E-state index contributed by atoms with van der Waals surface area (Å²) in [6, 6.07) is 8.46. The molecule has 1 saturated heterocycles. The Morgan fingerprint density at radius 1 is 1.11 bits per heavy atom. The Kier molecular flexibility index (Phi) is 8.11. The minimum Gasteiger partial charge on any atom is -0.493 e. The number of anilines is 2. The topological polar surface area (TPSA) is 79.9 Å². The number of rotatable bonds is 3. The molecule has 3 aliphatic rings. The fourth-order valence-corrected chi connectivity index (χ4v) is 4.80. The molecule has 37 heavy (non-hydrogen) atoms. The van der Waals surface area contributed by atoms with Crippen LogP contribution in [0.1, 0.15) is 29.5 Å². The number of morpholine rings is 1. The molecule has 7 nitrogen and oxygen atoms in total. The number of ether oxygens (including phenoxy) is 2. The zero-order chi connectivity index (χ0) is 25.3. The van der Waals surface area contributed by atoms with Gasteiger partial charge in [-0.15, -0.1) is 12.4 Å². The summed E-state index contributed by atoms with van der Waals surface area (Å²) in [4.78, 5) is 27.6. The van der Waals surface area contributed by atoms with E-state index in [0.29, 0.717) is 68.1 Å². The highest BCUT2D eigenvalue weighted by Crippen LogP contribution is 2.38. The lowest BCUT2D eigenvalue weighted by atomic mass is 9.97. The second-order valence-electron chi connectivity index (χ2n) is 9.05. The van der Waals surface area contributed by atoms with Crippen LogP contribution < -0.4 is 15.4 Å². The third-order valence-electron chi connectivity index (χ3n) is 6.65. The average Bonchev–Trinajstić information content (AvgIpc) is 3.05. The molecule has 1 fully saturated rings. The number of hydrogen-bond acceptors (Lipinski definition) is 5. The molecule has 0 radical (unpaired) electrons. The van der Waals surface area contributed by atoms with E-state index in [1.54, 1.807) is 12.1 Å². The second-order valence-corrected chi connectivity index (χ2v) is 9.05. The van der Waals surface area contributed by atoms with Crippen molar-refractivity contribution in [2.45, 2.75) is 31.5 Å². The van der Waals surface area contributed by atoms with Crippen LogP contribution in [0.5, 0.6) is 5.75 Å². The van der Waals surface area contributed by atoms with Crippen molar-refractivity contribution in [1.82, 2.24) is 4.90 Å². The number of benzene rings is 2. The molecule has 2 aromatic rings. The summed E-state index contributed by atoms with van der Waals surface area (Å²) in [6.45, 7) is 2.90. The Balaban J connectivity index is 0.00000320.